The van der Waals surface area contributed by atoms with Gasteiger partial charge in [-0.05, 0) is 6.92 Å². The van der Waals surface area contributed by atoms with Crippen molar-refractivity contribution in [3.05, 3.63) is 11.5 Å². The number of aliphatic hydroxyl groups is 2. The van der Waals surface area contributed by atoms with Crippen molar-refractivity contribution < 1.29 is 19.7 Å². The van der Waals surface area contributed by atoms with E-state index >= 15 is 0 Å². The molecular weight excluding hydrogens is 136 g/mol. The number of Topliss-reactive ketones (excluding diaryl/α,β-unsaturated/α-hetero) is 1. The molecule has 10 heavy (non-hydrogen) atoms. The van der Waals surface area contributed by atoms with Crippen LogP contribution in [0, 0.1) is 0 Å². The minimum Gasteiger partial charge on any atom is -0.502 e. The van der Waals surface area contributed by atoms with Crippen molar-refractivity contribution in [3.8, 4) is 0 Å². The first-order chi connectivity index (χ1) is 4.63. The van der Waals surface area contributed by atoms with Crippen molar-refractivity contribution in [1.82, 2.24) is 0 Å². The van der Waals surface area contributed by atoms with Crippen LogP contribution >= 0.6 is 0 Å². The number of ether oxygens (including phenoxy) is 1. The van der Waals surface area contributed by atoms with Crippen molar-refractivity contribution in [2.75, 3.05) is 6.61 Å². The molecule has 0 saturated carbocycles. The first-order valence-corrected chi connectivity index (χ1v) is 2.88. The summed E-state index contributed by atoms with van der Waals surface area (Å²) in [6.45, 7) is 1.41. The van der Waals surface area contributed by atoms with E-state index in [2.05, 4.69) is 0 Å². The highest BCUT2D eigenvalue weighted by Gasteiger charge is 2.27. The van der Waals surface area contributed by atoms with Crippen molar-refractivity contribution in [1.29, 1.82) is 0 Å². The van der Waals surface area contributed by atoms with Gasteiger partial charge in [-0.3, -0.25) is 4.79 Å². The summed E-state index contributed by atoms with van der Waals surface area (Å²) in [5.74, 6) is -0.960. The zero-order valence-electron chi connectivity index (χ0n) is 5.50. The molecule has 1 aliphatic rings. The lowest BCUT2D eigenvalue weighted by Gasteiger charge is -2.17. The molecule has 56 valence electrons. The van der Waals surface area contributed by atoms with Gasteiger partial charge in [0.1, 0.15) is 12.4 Å². The van der Waals surface area contributed by atoms with Gasteiger partial charge in [-0.25, -0.2) is 0 Å². The second-order valence-corrected chi connectivity index (χ2v) is 2.10. The first kappa shape index (κ1) is 7.08. The van der Waals surface area contributed by atoms with Gasteiger partial charge in [0.15, 0.2) is 11.9 Å². The minimum atomic E-state index is -1.20. The van der Waals surface area contributed by atoms with Gasteiger partial charge in [0.2, 0.25) is 5.78 Å². The lowest BCUT2D eigenvalue weighted by atomic mass is 10.1. The minimum absolute atomic E-state index is 0.0608. The topological polar surface area (TPSA) is 66.8 Å². The molecule has 1 unspecified atom stereocenters. The van der Waals surface area contributed by atoms with E-state index in [1.54, 1.807) is 0 Å². The molecule has 0 amide bonds. The fourth-order valence-electron chi connectivity index (χ4n) is 0.679. The number of hydrogen-bond acceptors (Lipinski definition) is 4. The third-order valence-corrected chi connectivity index (χ3v) is 1.33. The van der Waals surface area contributed by atoms with Gasteiger partial charge < -0.3 is 14.9 Å². The Labute approximate surface area is 57.7 Å². The van der Waals surface area contributed by atoms with Crippen LogP contribution in [-0.4, -0.2) is 28.7 Å². The largest absolute Gasteiger partial charge is 0.502 e. The van der Waals surface area contributed by atoms with Crippen LogP contribution in [0.15, 0.2) is 11.5 Å². The van der Waals surface area contributed by atoms with Crippen LogP contribution in [0.2, 0.25) is 0 Å². The summed E-state index contributed by atoms with van der Waals surface area (Å²) in [4.78, 5) is 10.7. The molecule has 0 saturated heterocycles. The number of aliphatic hydroxyl groups excluding tert-OH is 2. The van der Waals surface area contributed by atoms with Crippen LogP contribution in [0.1, 0.15) is 6.92 Å². The van der Waals surface area contributed by atoms with Crippen LogP contribution in [0.25, 0.3) is 0 Å². The van der Waals surface area contributed by atoms with Gasteiger partial charge in [0, 0.05) is 0 Å². The number of carbonyl (C=O) groups is 1. The van der Waals surface area contributed by atoms with E-state index < -0.39 is 17.6 Å². The average molecular weight is 144 g/mol. The van der Waals surface area contributed by atoms with E-state index in [4.69, 9.17) is 14.9 Å². The summed E-state index contributed by atoms with van der Waals surface area (Å²) in [5.41, 5.74) is 0. The number of ketones is 1. The fraction of sp³-hybridized carbons (Fsp3) is 0.500. The number of rotatable bonds is 0. The highest BCUT2D eigenvalue weighted by Crippen LogP contribution is 2.12. The predicted molar refractivity (Wildman–Crippen MR) is 32.3 cm³/mol. The summed E-state index contributed by atoms with van der Waals surface area (Å²) in [7, 11) is 0. The quantitative estimate of drug-likeness (QED) is 0.491. The number of carbonyl (C=O) groups excluding carboxylic acids is 1. The lowest BCUT2D eigenvalue weighted by Crippen LogP contribution is -2.32. The lowest BCUT2D eigenvalue weighted by molar-refractivity contribution is -0.131. The molecule has 0 aliphatic carbocycles. The average Bonchev–Trinajstić information content (AvgIpc) is 1.93. The summed E-state index contributed by atoms with van der Waals surface area (Å²) in [6.07, 6.45) is -1.20. The Bertz CT molecular complexity index is 194. The van der Waals surface area contributed by atoms with E-state index in [0.29, 0.717) is 0 Å². The SMILES string of the molecule is CC1=C(O)C(=O)C(O)CO1. The molecule has 1 aliphatic heterocycles. The molecule has 1 rings (SSSR count). The third-order valence-electron chi connectivity index (χ3n) is 1.33. The molecule has 1 heterocycles. The Balaban J connectivity index is 2.88. The van der Waals surface area contributed by atoms with Crippen LogP contribution in [0.3, 0.4) is 0 Å². The number of hydrogen-bond donors (Lipinski definition) is 2. The molecule has 0 spiro atoms. The molecule has 0 radical (unpaired) electrons. The Morgan fingerprint density at radius 2 is 2.30 bits per heavy atom. The zero-order valence-corrected chi connectivity index (χ0v) is 5.50. The molecule has 0 aromatic heterocycles. The molecular formula is C6H8O4. The van der Waals surface area contributed by atoms with Gasteiger partial charge in [0.25, 0.3) is 0 Å². The van der Waals surface area contributed by atoms with Crippen LogP contribution in [0.4, 0.5) is 0 Å². The van der Waals surface area contributed by atoms with Crippen LogP contribution in [-0.2, 0) is 9.53 Å². The second-order valence-electron chi connectivity index (χ2n) is 2.10. The zero-order chi connectivity index (χ0) is 7.72. The second kappa shape index (κ2) is 2.30. The molecule has 2 N–H and O–H groups in total. The Kier molecular flexibility index (Phi) is 1.63. The molecule has 4 heteroatoms. The van der Waals surface area contributed by atoms with Crippen LogP contribution in [0.5, 0.6) is 0 Å². The third kappa shape index (κ3) is 0.974. The first-order valence-electron chi connectivity index (χ1n) is 2.88. The van der Waals surface area contributed by atoms with Gasteiger partial charge >= 0.3 is 0 Å². The van der Waals surface area contributed by atoms with Gasteiger partial charge in [0.05, 0.1) is 0 Å². The molecule has 0 bridgehead atoms. The standard InChI is InChI=1S/C6H8O4/c1-3-5(8)6(9)4(7)2-10-3/h4,7-8H,2H2,1H3. The van der Waals surface area contributed by atoms with Gasteiger partial charge in [-0.1, -0.05) is 0 Å². The van der Waals surface area contributed by atoms with E-state index in [-0.39, 0.29) is 12.4 Å². The van der Waals surface area contributed by atoms with Crippen molar-refractivity contribution >= 4 is 5.78 Å². The van der Waals surface area contributed by atoms with Crippen molar-refractivity contribution in [2.24, 2.45) is 0 Å². The van der Waals surface area contributed by atoms with Gasteiger partial charge in [-0.15, -0.1) is 0 Å². The Hall–Kier alpha value is -1.03. The summed E-state index contributed by atoms with van der Waals surface area (Å²) < 4.78 is 4.73. The predicted octanol–water partition coefficient (Wildman–Crippen LogP) is -0.264. The van der Waals surface area contributed by atoms with Gasteiger partial charge in [-0.2, -0.15) is 0 Å². The fourth-order valence-corrected chi connectivity index (χ4v) is 0.679. The van der Waals surface area contributed by atoms with Crippen molar-refractivity contribution in [3.63, 3.8) is 0 Å². The normalized spacial score (nSPS) is 26.6. The maximum atomic E-state index is 10.7. The molecule has 4 nitrogen and oxygen atoms in total. The smallest absolute Gasteiger partial charge is 0.232 e. The molecule has 0 aromatic rings. The highest BCUT2D eigenvalue weighted by atomic mass is 16.5. The molecule has 1 atom stereocenters. The highest BCUT2D eigenvalue weighted by molar-refractivity contribution is 5.97. The summed E-state index contributed by atoms with van der Waals surface area (Å²) in [6, 6.07) is 0. The van der Waals surface area contributed by atoms with Crippen LogP contribution < -0.4 is 0 Å². The van der Waals surface area contributed by atoms with E-state index in [9.17, 15) is 4.79 Å². The maximum absolute atomic E-state index is 10.7. The van der Waals surface area contributed by atoms with E-state index in [0.717, 1.165) is 0 Å². The molecule has 0 aromatic carbocycles. The van der Waals surface area contributed by atoms with Crippen molar-refractivity contribution in [2.45, 2.75) is 13.0 Å². The van der Waals surface area contributed by atoms with E-state index in [1.807, 2.05) is 0 Å². The monoisotopic (exact) mass is 144 g/mol. The van der Waals surface area contributed by atoms with E-state index in [1.165, 1.54) is 6.92 Å². The number of allylic oxidation sites excluding steroid dienone is 1. The summed E-state index contributed by atoms with van der Waals surface area (Å²) in [5, 5.41) is 17.7. The Morgan fingerprint density at radius 1 is 1.70 bits per heavy atom. The Morgan fingerprint density at radius 3 is 2.80 bits per heavy atom. The maximum Gasteiger partial charge on any atom is 0.232 e. The summed E-state index contributed by atoms with van der Waals surface area (Å²) >= 11 is 0. The molecule has 0 fully saturated rings.